The number of rotatable bonds is 2. The standard InChI is InChI=1S/C12H11IO/c1-2-14-10-7-6-9-4-3-5-12(13)11(9)8-10/h3-8H,2H2,1H3. The Bertz CT molecular complexity index is 451. The Labute approximate surface area is 97.2 Å². The Morgan fingerprint density at radius 2 is 2.07 bits per heavy atom. The van der Waals surface area contributed by atoms with Gasteiger partial charge in [-0.1, -0.05) is 18.2 Å². The van der Waals surface area contributed by atoms with Crippen LogP contribution in [0.3, 0.4) is 0 Å². The molecule has 0 aliphatic heterocycles. The largest absolute Gasteiger partial charge is 0.494 e. The molecule has 0 aromatic heterocycles. The lowest BCUT2D eigenvalue weighted by atomic mass is 10.1. The van der Waals surface area contributed by atoms with Crippen LogP contribution in [0.5, 0.6) is 5.75 Å². The van der Waals surface area contributed by atoms with Gasteiger partial charge in [0.25, 0.3) is 0 Å². The van der Waals surface area contributed by atoms with Crippen molar-refractivity contribution in [1.29, 1.82) is 0 Å². The summed E-state index contributed by atoms with van der Waals surface area (Å²) in [6.07, 6.45) is 0. The molecule has 2 rings (SSSR count). The second kappa shape index (κ2) is 4.17. The Hall–Kier alpha value is -0.770. The maximum Gasteiger partial charge on any atom is 0.119 e. The number of fused-ring (bicyclic) bond motifs is 1. The van der Waals surface area contributed by atoms with Crippen molar-refractivity contribution < 1.29 is 4.74 Å². The molecule has 0 aliphatic rings. The second-order valence-electron chi connectivity index (χ2n) is 3.06. The molecule has 0 fully saturated rings. The van der Waals surface area contributed by atoms with Crippen LogP contribution in [0.2, 0.25) is 0 Å². The van der Waals surface area contributed by atoms with E-state index in [9.17, 15) is 0 Å². The molecule has 0 saturated heterocycles. The van der Waals surface area contributed by atoms with Gasteiger partial charge in [-0.2, -0.15) is 0 Å². The van der Waals surface area contributed by atoms with E-state index in [1.54, 1.807) is 0 Å². The fraction of sp³-hybridized carbons (Fsp3) is 0.167. The van der Waals surface area contributed by atoms with E-state index in [1.165, 1.54) is 14.3 Å². The third kappa shape index (κ3) is 1.85. The topological polar surface area (TPSA) is 9.23 Å². The molecule has 0 aliphatic carbocycles. The van der Waals surface area contributed by atoms with E-state index in [0.29, 0.717) is 0 Å². The number of hydrogen-bond donors (Lipinski definition) is 0. The van der Waals surface area contributed by atoms with Crippen molar-refractivity contribution >= 4 is 33.4 Å². The van der Waals surface area contributed by atoms with Crippen LogP contribution in [0.4, 0.5) is 0 Å². The van der Waals surface area contributed by atoms with Crippen molar-refractivity contribution in [2.75, 3.05) is 6.61 Å². The summed E-state index contributed by atoms with van der Waals surface area (Å²) in [5.74, 6) is 0.948. The normalized spacial score (nSPS) is 10.4. The van der Waals surface area contributed by atoms with Gasteiger partial charge in [-0.25, -0.2) is 0 Å². The van der Waals surface area contributed by atoms with Crippen LogP contribution < -0.4 is 4.74 Å². The molecule has 0 N–H and O–H groups in total. The molecule has 0 heterocycles. The van der Waals surface area contributed by atoms with Crippen LogP contribution in [0.25, 0.3) is 10.8 Å². The predicted molar refractivity (Wildman–Crippen MR) is 67.8 cm³/mol. The van der Waals surface area contributed by atoms with Gasteiger partial charge in [-0.15, -0.1) is 0 Å². The molecule has 1 nitrogen and oxygen atoms in total. The zero-order chi connectivity index (χ0) is 9.97. The molecule has 0 amide bonds. The quantitative estimate of drug-likeness (QED) is 0.765. The lowest BCUT2D eigenvalue weighted by Crippen LogP contribution is -1.91. The first kappa shape index (κ1) is 9.77. The number of hydrogen-bond acceptors (Lipinski definition) is 1. The molecular formula is C12H11IO. The molecule has 2 heteroatoms. The summed E-state index contributed by atoms with van der Waals surface area (Å²) in [5.41, 5.74) is 0. The van der Waals surface area contributed by atoms with Gasteiger partial charge in [0, 0.05) is 3.57 Å². The number of ether oxygens (including phenoxy) is 1. The van der Waals surface area contributed by atoms with Crippen LogP contribution in [-0.4, -0.2) is 6.61 Å². The molecular weight excluding hydrogens is 287 g/mol. The molecule has 0 atom stereocenters. The molecule has 72 valence electrons. The molecule has 2 aromatic rings. The Morgan fingerprint density at radius 3 is 2.86 bits per heavy atom. The van der Waals surface area contributed by atoms with E-state index in [2.05, 4.69) is 52.9 Å². The first-order valence-corrected chi connectivity index (χ1v) is 5.70. The summed E-state index contributed by atoms with van der Waals surface area (Å²) in [4.78, 5) is 0. The van der Waals surface area contributed by atoms with Crippen molar-refractivity contribution in [3.8, 4) is 5.75 Å². The predicted octanol–water partition coefficient (Wildman–Crippen LogP) is 3.84. The van der Waals surface area contributed by atoms with Crippen molar-refractivity contribution in [3.63, 3.8) is 0 Å². The molecule has 2 aromatic carbocycles. The molecule has 0 bridgehead atoms. The summed E-state index contributed by atoms with van der Waals surface area (Å²) in [5, 5.41) is 2.53. The molecule has 0 unspecified atom stereocenters. The van der Waals surface area contributed by atoms with E-state index in [1.807, 2.05) is 13.0 Å². The molecule has 0 radical (unpaired) electrons. The maximum absolute atomic E-state index is 5.47. The van der Waals surface area contributed by atoms with E-state index in [-0.39, 0.29) is 0 Å². The molecule has 0 spiro atoms. The van der Waals surface area contributed by atoms with Crippen LogP contribution in [-0.2, 0) is 0 Å². The number of halogens is 1. The third-order valence-electron chi connectivity index (χ3n) is 2.11. The Balaban J connectivity index is 2.58. The van der Waals surface area contributed by atoms with E-state index >= 15 is 0 Å². The van der Waals surface area contributed by atoms with Crippen molar-refractivity contribution in [2.45, 2.75) is 6.92 Å². The minimum atomic E-state index is 0.717. The lowest BCUT2D eigenvalue weighted by molar-refractivity contribution is 0.340. The van der Waals surface area contributed by atoms with E-state index < -0.39 is 0 Å². The second-order valence-corrected chi connectivity index (χ2v) is 4.22. The van der Waals surface area contributed by atoms with Gasteiger partial charge in [0.15, 0.2) is 0 Å². The zero-order valence-electron chi connectivity index (χ0n) is 7.96. The summed E-state index contributed by atoms with van der Waals surface area (Å²) < 4.78 is 6.73. The summed E-state index contributed by atoms with van der Waals surface area (Å²) in [6, 6.07) is 12.5. The van der Waals surface area contributed by atoms with Crippen LogP contribution >= 0.6 is 22.6 Å². The fourth-order valence-electron chi connectivity index (χ4n) is 1.47. The monoisotopic (exact) mass is 298 g/mol. The minimum absolute atomic E-state index is 0.717. The highest BCUT2D eigenvalue weighted by Crippen LogP contribution is 2.24. The first-order chi connectivity index (χ1) is 6.81. The van der Waals surface area contributed by atoms with Gasteiger partial charge in [0.05, 0.1) is 6.61 Å². The van der Waals surface area contributed by atoms with Gasteiger partial charge in [-0.3, -0.25) is 0 Å². The van der Waals surface area contributed by atoms with Gasteiger partial charge in [0.1, 0.15) is 5.75 Å². The zero-order valence-corrected chi connectivity index (χ0v) is 10.1. The Morgan fingerprint density at radius 1 is 1.21 bits per heavy atom. The molecule has 0 saturated carbocycles. The van der Waals surface area contributed by atoms with Crippen molar-refractivity contribution in [2.24, 2.45) is 0 Å². The highest BCUT2D eigenvalue weighted by atomic mass is 127. The molecule has 14 heavy (non-hydrogen) atoms. The first-order valence-electron chi connectivity index (χ1n) is 4.62. The minimum Gasteiger partial charge on any atom is -0.494 e. The summed E-state index contributed by atoms with van der Waals surface area (Å²) in [6.45, 7) is 2.72. The van der Waals surface area contributed by atoms with Gasteiger partial charge in [0.2, 0.25) is 0 Å². The van der Waals surface area contributed by atoms with Crippen LogP contribution in [0.15, 0.2) is 36.4 Å². The van der Waals surface area contributed by atoms with Crippen LogP contribution in [0.1, 0.15) is 6.92 Å². The SMILES string of the molecule is CCOc1ccc2cccc(I)c2c1. The Kier molecular flexibility index (Phi) is 2.91. The highest BCUT2D eigenvalue weighted by molar-refractivity contribution is 14.1. The highest BCUT2D eigenvalue weighted by Gasteiger charge is 1.99. The maximum atomic E-state index is 5.47. The van der Waals surface area contributed by atoms with Crippen LogP contribution in [0, 0.1) is 3.57 Å². The van der Waals surface area contributed by atoms with Gasteiger partial charge in [-0.05, 0) is 58.5 Å². The van der Waals surface area contributed by atoms with E-state index in [4.69, 9.17) is 4.74 Å². The van der Waals surface area contributed by atoms with Crippen molar-refractivity contribution in [1.82, 2.24) is 0 Å². The lowest BCUT2D eigenvalue weighted by Gasteiger charge is -2.05. The third-order valence-corrected chi connectivity index (χ3v) is 3.05. The smallest absolute Gasteiger partial charge is 0.119 e. The fourth-order valence-corrected chi connectivity index (χ4v) is 2.14. The van der Waals surface area contributed by atoms with Crippen molar-refractivity contribution in [3.05, 3.63) is 40.0 Å². The average molecular weight is 298 g/mol. The van der Waals surface area contributed by atoms with E-state index in [0.717, 1.165) is 12.4 Å². The van der Waals surface area contributed by atoms with Gasteiger partial charge >= 0.3 is 0 Å². The van der Waals surface area contributed by atoms with Gasteiger partial charge < -0.3 is 4.74 Å². The number of benzene rings is 2. The summed E-state index contributed by atoms with van der Waals surface area (Å²) >= 11 is 2.35. The average Bonchev–Trinajstić information content (AvgIpc) is 2.20. The summed E-state index contributed by atoms with van der Waals surface area (Å²) in [7, 11) is 0.